The van der Waals surface area contributed by atoms with Crippen LogP contribution >= 0.6 is 15.9 Å². The molecule has 23 heavy (non-hydrogen) atoms. The van der Waals surface area contributed by atoms with Crippen molar-refractivity contribution in [1.29, 1.82) is 0 Å². The van der Waals surface area contributed by atoms with Crippen LogP contribution < -0.4 is 4.74 Å². The Morgan fingerprint density at radius 2 is 2.17 bits per heavy atom. The second-order valence-electron chi connectivity index (χ2n) is 5.68. The molecule has 1 aromatic heterocycles. The molecule has 0 spiro atoms. The summed E-state index contributed by atoms with van der Waals surface area (Å²) in [7, 11) is 1.98. The Morgan fingerprint density at radius 1 is 1.48 bits per heavy atom. The van der Waals surface area contributed by atoms with Crippen LogP contribution in [0.3, 0.4) is 0 Å². The number of aliphatic imine (C=N–C) groups is 1. The Balaban J connectivity index is 2.06. The van der Waals surface area contributed by atoms with Crippen molar-refractivity contribution < 1.29 is 9.94 Å². The average molecular weight is 383 g/mol. The van der Waals surface area contributed by atoms with Crippen molar-refractivity contribution in [3.63, 3.8) is 0 Å². The number of aryl methyl sites for hydroxylation is 1. The lowest BCUT2D eigenvalue weighted by Gasteiger charge is -2.23. The number of aromatic nitrogens is 1. The van der Waals surface area contributed by atoms with E-state index in [0.29, 0.717) is 5.88 Å². The van der Waals surface area contributed by atoms with E-state index in [1.165, 1.54) is 0 Å². The third kappa shape index (κ3) is 4.92. The molecule has 0 atom stereocenters. The molecule has 1 heterocycles. The summed E-state index contributed by atoms with van der Waals surface area (Å²) in [6.07, 6.45) is 5.12. The highest BCUT2D eigenvalue weighted by molar-refractivity contribution is 9.10. The van der Waals surface area contributed by atoms with Crippen LogP contribution in [0.25, 0.3) is 0 Å². The molecule has 1 N–H and O–H groups in total. The van der Waals surface area contributed by atoms with E-state index in [-0.39, 0.29) is 6.10 Å². The van der Waals surface area contributed by atoms with Crippen LogP contribution in [-0.4, -0.2) is 46.8 Å². The molecule has 1 aliphatic rings. The third-order valence-corrected chi connectivity index (χ3v) is 4.50. The second-order valence-corrected chi connectivity index (χ2v) is 6.54. The molecular formula is C16H23BrN4O2. The number of pyridine rings is 1. The van der Waals surface area contributed by atoms with Gasteiger partial charge in [0.05, 0.1) is 27.9 Å². The van der Waals surface area contributed by atoms with Crippen molar-refractivity contribution in [2.45, 2.75) is 45.6 Å². The number of hydrogen-bond acceptors (Lipinski definition) is 5. The van der Waals surface area contributed by atoms with Crippen LogP contribution in [-0.2, 0) is 0 Å². The summed E-state index contributed by atoms with van der Waals surface area (Å²) in [5.74, 6) is 0.597. The summed E-state index contributed by atoms with van der Waals surface area (Å²) in [5, 5.41) is 12.1. The predicted molar refractivity (Wildman–Crippen MR) is 95.2 cm³/mol. The minimum Gasteiger partial charge on any atom is -0.474 e. The Hall–Kier alpha value is -1.63. The minimum atomic E-state index is 0.101. The van der Waals surface area contributed by atoms with Crippen LogP contribution in [0.2, 0.25) is 0 Å². The molecule has 1 aromatic rings. The molecule has 0 saturated heterocycles. The fourth-order valence-electron chi connectivity index (χ4n) is 2.31. The van der Waals surface area contributed by atoms with Crippen LogP contribution in [0.1, 0.15) is 38.3 Å². The standard InChI is InChI=1S/C16H23BrN4O2/c1-4-21(3)10-18-15-9-14(17)16(19-11(15)2)23-13-7-5-12(20-22)6-8-13/h9-10,13,22H,4-8H2,1-3H3. The quantitative estimate of drug-likeness (QED) is 0.362. The van der Waals surface area contributed by atoms with E-state index in [9.17, 15) is 0 Å². The first-order valence-corrected chi connectivity index (χ1v) is 8.60. The number of oxime groups is 1. The van der Waals surface area contributed by atoms with Crippen molar-refractivity contribution in [2.75, 3.05) is 13.6 Å². The lowest BCUT2D eigenvalue weighted by Crippen LogP contribution is -2.24. The van der Waals surface area contributed by atoms with E-state index in [0.717, 1.165) is 53.8 Å². The monoisotopic (exact) mass is 382 g/mol. The van der Waals surface area contributed by atoms with Gasteiger partial charge in [-0.2, -0.15) is 0 Å². The number of hydrogen-bond donors (Lipinski definition) is 1. The predicted octanol–water partition coefficient (Wildman–Crippen LogP) is 3.92. The molecule has 1 fully saturated rings. The maximum absolute atomic E-state index is 8.80. The van der Waals surface area contributed by atoms with Gasteiger partial charge in [-0.05, 0) is 61.5 Å². The van der Waals surface area contributed by atoms with Crippen LogP contribution in [0.15, 0.2) is 20.7 Å². The maximum atomic E-state index is 8.80. The molecule has 1 saturated carbocycles. The molecule has 6 nitrogen and oxygen atoms in total. The highest BCUT2D eigenvalue weighted by Gasteiger charge is 2.21. The molecule has 0 aromatic carbocycles. The number of nitrogens with zero attached hydrogens (tertiary/aromatic N) is 4. The smallest absolute Gasteiger partial charge is 0.228 e. The Morgan fingerprint density at radius 3 is 2.78 bits per heavy atom. The van der Waals surface area contributed by atoms with Gasteiger partial charge in [-0.3, -0.25) is 0 Å². The number of ether oxygens (including phenoxy) is 1. The molecule has 2 rings (SSSR count). The van der Waals surface area contributed by atoms with Crippen molar-refractivity contribution in [3.05, 3.63) is 16.2 Å². The molecule has 1 aliphatic carbocycles. The van der Waals surface area contributed by atoms with Crippen LogP contribution in [0.5, 0.6) is 5.88 Å². The van der Waals surface area contributed by atoms with Gasteiger partial charge in [0.1, 0.15) is 6.10 Å². The summed E-state index contributed by atoms with van der Waals surface area (Å²) >= 11 is 3.52. The molecule has 0 aliphatic heterocycles. The van der Waals surface area contributed by atoms with E-state index in [4.69, 9.17) is 9.94 Å². The molecule has 0 unspecified atom stereocenters. The normalized spacial score (nSPS) is 18.3. The van der Waals surface area contributed by atoms with Gasteiger partial charge < -0.3 is 14.8 Å². The van der Waals surface area contributed by atoms with Gasteiger partial charge in [0.15, 0.2) is 0 Å². The summed E-state index contributed by atoms with van der Waals surface area (Å²) in [5.41, 5.74) is 2.50. The largest absolute Gasteiger partial charge is 0.474 e. The lowest BCUT2D eigenvalue weighted by atomic mass is 9.96. The van der Waals surface area contributed by atoms with Crippen molar-refractivity contribution >= 4 is 33.7 Å². The zero-order chi connectivity index (χ0) is 16.8. The average Bonchev–Trinajstić information content (AvgIpc) is 2.57. The Kier molecular flexibility index (Phi) is 6.38. The van der Waals surface area contributed by atoms with Crippen molar-refractivity contribution in [3.8, 4) is 5.88 Å². The second kappa shape index (κ2) is 8.29. The van der Waals surface area contributed by atoms with Crippen molar-refractivity contribution in [2.24, 2.45) is 10.1 Å². The number of rotatable bonds is 5. The van der Waals surface area contributed by atoms with E-state index < -0.39 is 0 Å². The maximum Gasteiger partial charge on any atom is 0.228 e. The van der Waals surface area contributed by atoms with E-state index in [1.807, 2.05) is 24.9 Å². The van der Waals surface area contributed by atoms with Gasteiger partial charge >= 0.3 is 0 Å². The van der Waals surface area contributed by atoms with Gasteiger partial charge in [-0.25, -0.2) is 9.98 Å². The van der Waals surface area contributed by atoms with Crippen molar-refractivity contribution in [1.82, 2.24) is 9.88 Å². The molecule has 0 bridgehead atoms. The molecule has 7 heteroatoms. The topological polar surface area (TPSA) is 70.3 Å². The fourth-order valence-corrected chi connectivity index (χ4v) is 2.70. The first-order chi connectivity index (χ1) is 11.0. The Bertz CT molecular complexity index is 594. The summed E-state index contributed by atoms with van der Waals surface area (Å²) in [6.45, 7) is 4.90. The van der Waals surface area contributed by atoms with Gasteiger partial charge in [0.2, 0.25) is 5.88 Å². The SMILES string of the molecule is CCN(C)C=Nc1cc(Br)c(OC2CCC(=NO)CC2)nc1C. The van der Waals surface area contributed by atoms with Gasteiger partial charge in [0, 0.05) is 13.6 Å². The number of halogens is 1. The molecular weight excluding hydrogens is 360 g/mol. The summed E-state index contributed by atoms with van der Waals surface area (Å²) in [6, 6.07) is 1.93. The zero-order valence-electron chi connectivity index (χ0n) is 13.8. The minimum absolute atomic E-state index is 0.101. The lowest BCUT2D eigenvalue weighted by molar-refractivity contribution is 0.168. The third-order valence-electron chi connectivity index (χ3n) is 3.93. The van der Waals surface area contributed by atoms with E-state index in [1.54, 1.807) is 6.34 Å². The molecule has 0 amide bonds. The first kappa shape index (κ1) is 17.7. The first-order valence-electron chi connectivity index (χ1n) is 7.81. The summed E-state index contributed by atoms with van der Waals surface area (Å²) < 4.78 is 6.81. The van der Waals surface area contributed by atoms with Gasteiger partial charge in [0.25, 0.3) is 0 Å². The highest BCUT2D eigenvalue weighted by Crippen LogP contribution is 2.32. The van der Waals surface area contributed by atoms with E-state index in [2.05, 4.69) is 38.0 Å². The highest BCUT2D eigenvalue weighted by atomic mass is 79.9. The van der Waals surface area contributed by atoms with Gasteiger partial charge in [-0.1, -0.05) is 5.16 Å². The summed E-state index contributed by atoms with van der Waals surface area (Å²) in [4.78, 5) is 11.0. The van der Waals surface area contributed by atoms with E-state index >= 15 is 0 Å². The van der Waals surface area contributed by atoms with Gasteiger partial charge in [-0.15, -0.1) is 0 Å². The fraction of sp³-hybridized carbons (Fsp3) is 0.562. The van der Waals surface area contributed by atoms with Crippen LogP contribution in [0, 0.1) is 6.92 Å². The zero-order valence-corrected chi connectivity index (χ0v) is 15.4. The van der Waals surface area contributed by atoms with Crippen LogP contribution in [0.4, 0.5) is 5.69 Å². The molecule has 126 valence electrons. The Labute approximate surface area is 145 Å². The molecule has 0 radical (unpaired) electrons.